The minimum atomic E-state index is -4.50. The molecule has 4 aromatic carbocycles. The third-order valence-corrected chi connectivity index (χ3v) is 12.7. The van der Waals surface area contributed by atoms with Crippen LogP contribution in [-0.4, -0.2) is 101 Å². The number of thiazole rings is 2. The molecule has 0 saturated carbocycles. The van der Waals surface area contributed by atoms with Crippen molar-refractivity contribution < 1.29 is 23.2 Å². The molecule has 0 unspecified atom stereocenters. The zero-order chi connectivity index (χ0) is 44.5. The summed E-state index contributed by atoms with van der Waals surface area (Å²) in [5, 5.41) is 45.3. The number of nitrogens with zero attached hydrogens (tertiary/aromatic N) is 12. The van der Waals surface area contributed by atoms with Crippen molar-refractivity contribution in [1.29, 1.82) is 0 Å². The fraction of sp³-hybridized carbons (Fsp3) is 0.293. The number of aromatic nitrogens is 5. The van der Waals surface area contributed by atoms with E-state index in [4.69, 9.17) is 15.0 Å². The topological polar surface area (TPSA) is 242 Å². The Kier molecular flexibility index (Phi) is 14.4. The van der Waals surface area contributed by atoms with Gasteiger partial charge in [0, 0.05) is 50.6 Å². The number of fused-ring (bicyclic) bond motifs is 2. The second-order valence-electron chi connectivity index (χ2n) is 13.7. The monoisotopic (exact) mass is 910 g/mol. The van der Waals surface area contributed by atoms with Gasteiger partial charge in [-0.2, -0.15) is 23.4 Å². The van der Waals surface area contributed by atoms with E-state index in [1.807, 2.05) is 68.4 Å². The quantitative estimate of drug-likeness (QED) is 0.0354. The zero-order valence-corrected chi connectivity index (χ0v) is 37.4. The molecule has 7 rings (SSSR count). The van der Waals surface area contributed by atoms with Crippen LogP contribution in [-0.2, 0) is 10.1 Å². The van der Waals surface area contributed by atoms with Crippen molar-refractivity contribution in [1.82, 2.24) is 24.9 Å². The summed E-state index contributed by atoms with van der Waals surface area (Å²) < 4.78 is 35.1. The van der Waals surface area contributed by atoms with E-state index in [9.17, 15) is 23.2 Å². The molecule has 0 aliphatic rings. The van der Waals surface area contributed by atoms with Crippen LogP contribution in [0.1, 0.15) is 27.7 Å². The lowest BCUT2D eigenvalue weighted by Crippen LogP contribution is -2.31. The van der Waals surface area contributed by atoms with Crippen molar-refractivity contribution in [2.45, 2.75) is 32.6 Å². The smallest absolute Gasteiger partial charge is 0.296 e. The summed E-state index contributed by atoms with van der Waals surface area (Å²) in [6.45, 7) is 11.0. The molecule has 0 saturated heterocycles. The number of aliphatic hydroxyl groups excluding tert-OH is 2. The van der Waals surface area contributed by atoms with Gasteiger partial charge in [0.05, 0.1) is 45.0 Å². The van der Waals surface area contributed by atoms with Crippen LogP contribution in [0.4, 0.5) is 62.2 Å². The van der Waals surface area contributed by atoms with Crippen LogP contribution in [0.3, 0.4) is 0 Å². The first-order valence-corrected chi connectivity index (χ1v) is 23.2. The van der Waals surface area contributed by atoms with Crippen LogP contribution >= 0.6 is 22.7 Å². The molecule has 0 amide bonds. The Hall–Kier alpha value is -6.30. The second kappa shape index (κ2) is 20.3. The molecule has 3 heterocycles. The second-order valence-corrected chi connectivity index (χ2v) is 17.0. The lowest BCUT2D eigenvalue weighted by Gasteiger charge is -2.24. The minimum absolute atomic E-state index is 0.104. The number of anilines is 7. The van der Waals surface area contributed by atoms with Gasteiger partial charge in [0.2, 0.25) is 28.1 Å². The molecular formula is C41H46N14O5S3. The van der Waals surface area contributed by atoms with Crippen LogP contribution in [0.25, 0.3) is 20.4 Å². The molecular weight excluding hydrogens is 865 g/mol. The molecule has 3 aromatic heterocycles. The minimum Gasteiger partial charge on any atom is -0.395 e. The predicted molar refractivity (Wildman–Crippen MR) is 250 cm³/mol. The number of para-hydroxylation sites is 1. The Morgan fingerprint density at radius 1 is 0.603 bits per heavy atom. The standard InChI is InChI=1S/C41H46N14O5S3/c1-5-53(6-2)26-16-18-28(49-51-40-44-30-12-9-10-14-34(30)61-40)32(24-26)42-37-46-38(48-39(47-37)55(20-22-56)21-23-57)43-33-25-27(54(7-3)8-4)17-19-29(33)50-52-41-45-31-13-11-15-35(36(31)62-41)63(58,59)60/h9-19,24-25,56-57H,5-8,20-23H2,1-4H3,(H,58,59,60)(H2,42,43,46,47,48). The molecule has 0 fully saturated rings. The number of hydrogen-bond acceptors (Lipinski definition) is 20. The molecule has 0 bridgehead atoms. The lowest BCUT2D eigenvalue weighted by atomic mass is 10.2. The van der Waals surface area contributed by atoms with Gasteiger partial charge in [-0.3, -0.25) is 4.55 Å². The first kappa shape index (κ1) is 44.7. The molecule has 0 aliphatic carbocycles. The van der Waals surface area contributed by atoms with Gasteiger partial charge in [-0.15, -0.1) is 20.5 Å². The molecule has 22 heteroatoms. The van der Waals surface area contributed by atoms with Crippen LogP contribution in [0.5, 0.6) is 0 Å². The van der Waals surface area contributed by atoms with E-state index in [0.29, 0.717) is 33.4 Å². The Labute approximate surface area is 371 Å². The van der Waals surface area contributed by atoms with Gasteiger partial charge in [0.1, 0.15) is 16.3 Å². The third kappa shape index (κ3) is 10.7. The van der Waals surface area contributed by atoms with Crippen molar-refractivity contribution in [2.75, 3.05) is 77.8 Å². The first-order valence-electron chi connectivity index (χ1n) is 20.1. The highest BCUT2D eigenvalue weighted by molar-refractivity contribution is 7.86. The van der Waals surface area contributed by atoms with Gasteiger partial charge < -0.3 is 35.5 Å². The summed E-state index contributed by atoms with van der Waals surface area (Å²) in [5.74, 6) is 0.401. The Morgan fingerprint density at radius 3 is 1.65 bits per heavy atom. The predicted octanol–water partition coefficient (Wildman–Crippen LogP) is 9.14. The summed E-state index contributed by atoms with van der Waals surface area (Å²) in [6, 6.07) is 23.6. The number of aliphatic hydroxyl groups is 2. The molecule has 0 aliphatic heterocycles. The zero-order valence-electron chi connectivity index (χ0n) is 34.9. The van der Waals surface area contributed by atoms with Crippen LogP contribution in [0.15, 0.2) is 104 Å². The van der Waals surface area contributed by atoms with Crippen molar-refractivity contribution >= 4 is 115 Å². The SMILES string of the molecule is CCN(CC)c1ccc(N=Nc2nc3ccccc3s2)c(Nc2nc(Nc3cc(N(CC)CC)ccc3N=Nc3nc4cccc(S(=O)(=O)O)c4s3)nc(N(CCO)CCO)n2)c1. The van der Waals surface area contributed by atoms with Crippen molar-refractivity contribution in [3.8, 4) is 0 Å². The molecule has 0 radical (unpaired) electrons. The fourth-order valence-electron chi connectivity index (χ4n) is 6.66. The average molecular weight is 911 g/mol. The molecule has 0 spiro atoms. The number of benzene rings is 4. The Balaban J connectivity index is 1.30. The number of rotatable bonds is 20. The van der Waals surface area contributed by atoms with Crippen LogP contribution in [0.2, 0.25) is 0 Å². The molecule has 19 nitrogen and oxygen atoms in total. The summed E-state index contributed by atoms with van der Waals surface area (Å²) in [7, 11) is -4.50. The Morgan fingerprint density at radius 2 is 1.13 bits per heavy atom. The van der Waals surface area contributed by atoms with Gasteiger partial charge >= 0.3 is 0 Å². The highest BCUT2D eigenvalue weighted by atomic mass is 32.2. The highest BCUT2D eigenvalue weighted by Gasteiger charge is 2.20. The summed E-state index contributed by atoms with van der Waals surface area (Å²) in [5.41, 5.74) is 4.88. The van der Waals surface area contributed by atoms with E-state index in [2.05, 4.69) is 64.7 Å². The molecule has 328 valence electrons. The van der Waals surface area contributed by atoms with E-state index in [0.717, 1.165) is 59.1 Å². The summed E-state index contributed by atoms with van der Waals surface area (Å²) in [4.78, 5) is 29.0. The van der Waals surface area contributed by atoms with Crippen molar-refractivity contribution in [3.63, 3.8) is 0 Å². The largest absolute Gasteiger partial charge is 0.395 e. The molecule has 63 heavy (non-hydrogen) atoms. The van der Waals surface area contributed by atoms with Gasteiger partial charge in [-0.25, -0.2) is 9.97 Å². The van der Waals surface area contributed by atoms with E-state index in [1.54, 1.807) is 17.0 Å². The van der Waals surface area contributed by atoms with Gasteiger partial charge in [-0.1, -0.05) is 40.9 Å². The molecule has 7 aromatic rings. The maximum atomic E-state index is 12.1. The molecule has 0 atom stereocenters. The highest BCUT2D eigenvalue weighted by Crippen LogP contribution is 2.38. The van der Waals surface area contributed by atoms with E-state index in [1.165, 1.54) is 23.5 Å². The molecule has 5 N–H and O–H groups in total. The maximum absolute atomic E-state index is 12.1. The normalized spacial score (nSPS) is 11.9. The van der Waals surface area contributed by atoms with Gasteiger partial charge in [0.15, 0.2) is 0 Å². The van der Waals surface area contributed by atoms with Crippen molar-refractivity contribution in [2.24, 2.45) is 20.5 Å². The summed E-state index contributed by atoms with van der Waals surface area (Å²) >= 11 is 2.41. The lowest BCUT2D eigenvalue weighted by molar-refractivity contribution is 0.280. The van der Waals surface area contributed by atoms with E-state index >= 15 is 0 Å². The van der Waals surface area contributed by atoms with Crippen LogP contribution in [0, 0.1) is 0 Å². The summed E-state index contributed by atoms with van der Waals surface area (Å²) in [6.07, 6.45) is 0. The van der Waals surface area contributed by atoms with Gasteiger partial charge in [0.25, 0.3) is 10.1 Å². The Bertz CT molecular complexity index is 2820. The van der Waals surface area contributed by atoms with E-state index < -0.39 is 10.1 Å². The third-order valence-electron chi connectivity index (χ3n) is 9.77. The fourth-order valence-corrected chi connectivity index (χ4v) is 9.27. The van der Waals surface area contributed by atoms with Gasteiger partial charge in [-0.05, 0) is 88.4 Å². The maximum Gasteiger partial charge on any atom is 0.296 e. The average Bonchev–Trinajstić information content (AvgIpc) is 3.90. The van der Waals surface area contributed by atoms with E-state index in [-0.39, 0.29) is 58.9 Å². The van der Waals surface area contributed by atoms with Crippen LogP contribution < -0.4 is 25.3 Å². The number of hydrogen-bond donors (Lipinski definition) is 5. The number of nitrogens with one attached hydrogen (secondary N) is 2. The number of azo groups is 2. The first-order chi connectivity index (χ1) is 30.5. The van der Waals surface area contributed by atoms with Crippen molar-refractivity contribution in [3.05, 3.63) is 78.9 Å².